The molecule has 1 heterocycles. The minimum absolute atomic E-state index is 0.791. The number of ether oxygens (including phenoxy) is 1. The number of rotatable bonds is 8. The molecule has 16 heavy (non-hydrogen) atoms. The first-order chi connectivity index (χ1) is 7.74. The van der Waals surface area contributed by atoms with Crippen LogP contribution in [0.25, 0.3) is 0 Å². The number of unbranched alkanes of at least 4 members (excludes halogenated alkanes) is 1. The molecule has 1 aromatic heterocycles. The van der Waals surface area contributed by atoms with Gasteiger partial charge in [0.25, 0.3) is 0 Å². The zero-order valence-corrected chi connectivity index (χ0v) is 10.6. The van der Waals surface area contributed by atoms with Gasteiger partial charge in [-0.25, -0.2) is 0 Å². The van der Waals surface area contributed by atoms with Crippen molar-refractivity contribution in [3.05, 3.63) is 17.5 Å². The maximum atomic E-state index is 5.46. The lowest BCUT2D eigenvalue weighted by Crippen LogP contribution is -2.19. The molecule has 0 saturated carbocycles. The molecule has 1 rings (SSSR count). The van der Waals surface area contributed by atoms with Crippen LogP contribution in [-0.4, -0.2) is 29.5 Å². The van der Waals surface area contributed by atoms with Gasteiger partial charge in [0, 0.05) is 38.5 Å². The van der Waals surface area contributed by atoms with Crippen molar-refractivity contribution in [1.82, 2.24) is 15.1 Å². The van der Waals surface area contributed by atoms with Gasteiger partial charge in [-0.1, -0.05) is 13.3 Å². The Morgan fingerprint density at radius 1 is 1.44 bits per heavy atom. The van der Waals surface area contributed by atoms with Crippen LogP contribution in [0.3, 0.4) is 0 Å². The number of aryl methyl sites for hydroxylation is 2. The fourth-order valence-corrected chi connectivity index (χ4v) is 1.54. The number of hydrogen-bond donors (Lipinski definition) is 1. The molecule has 0 bridgehead atoms. The van der Waals surface area contributed by atoms with Gasteiger partial charge in [-0.3, -0.25) is 4.68 Å². The van der Waals surface area contributed by atoms with Crippen molar-refractivity contribution < 1.29 is 4.74 Å². The van der Waals surface area contributed by atoms with E-state index in [4.69, 9.17) is 4.74 Å². The average molecular weight is 225 g/mol. The van der Waals surface area contributed by atoms with Gasteiger partial charge in [-0.15, -0.1) is 0 Å². The molecule has 0 unspecified atom stereocenters. The molecule has 0 radical (unpaired) electrons. The van der Waals surface area contributed by atoms with E-state index in [1.807, 2.05) is 18.7 Å². The SMILES string of the molecule is CCCCOCCNCc1cn(C)nc1C. The van der Waals surface area contributed by atoms with Crippen LogP contribution in [0.5, 0.6) is 0 Å². The summed E-state index contributed by atoms with van der Waals surface area (Å²) in [5.74, 6) is 0. The van der Waals surface area contributed by atoms with Crippen LogP contribution in [0.2, 0.25) is 0 Å². The van der Waals surface area contributed by atoms with E-state index in [9.17, 15) is 0 Å². The number of nitrogens with one attached hydrogen (secondary N) is 1. The lowest BCUT2D eigenvalue weighted by Gasteiger charge is -2.04. The third-order valence-electron chi connectivity index (χ3n) is 2.50. The Hall–Kier alpha value is -0.870. The molecule has 0 saturated heterocycles. The van der Waals surface area contributed by atoms with E-state index in [0.29, 0.717) is 0 Å². The largest absolute Gasteiger partial charge is 0.380 e. The van der Waals surface area contributed by atoms with Gasteiger partial charge in [-0.2, -0.15) is 5.10 Å². The Labute approximate surface area is 98.0 Å². The Morgan fingerprint density at radius 3 is 2.88 bits per heavy atom. The molecular weight excluding hydrogens is 202 g/mol. The first-order valence-electron chi connectivity index (χ1n) is 6.01. The third-order valence-corrected chi connectivity index (χ3v) is 2.50. The van der Waals surface area contributed by atoms with Gasteiger partial charge in [0.05, 0.1) is 12.3 Å². The van der Waals surface area contributed by atoms with E-state index in [1.54, 1.807) is 0 Å². The number of nitrogens with zero attached hydrogens (tertiary/aromatic N) is 2. The van der Waals surface area contributed by atoms with Crippen LogP contribution in [0, 0.1) is 6.92 Å². The first kappa shape index (κ1) is 13.2. The summed E-state index contributed by atoms with van der Waals surface area (Å²) in [5, 5.41) is 7.65. The molecule has 4 nitrogen and oxygen atoms in total. The molecule has 4 heteroatoms. The van der Waals surface area contributed by atoms with Crippen molar-refractivity contribution in [2.24, 2.45) is 7.05 Å². The van der Waals surface area contributed by atoms with E-state index >= 15 is 0 Å². The average Bonchev–Trinajstić information content (AvgIpc) is 2.56. The molecule has 0 aliphatic heterocycles. The molecule has 0 atom stereocenters. The quantitative estimate of drug-likeness (QED) is 0.684. The van der Waals surface area contributed by atoms with E-state index < -0.39 is 0 Å². The van der Waals surface area contributed by atoms with Crippen molar-refractivity contribution in [3.63, 3.8) is 0 Å². The highest BCUT2D eigenvalue weighted by Crippen LogP contribution is 2.03. The summed E-state index contributed by atoms with van der Waals surface area (Å²) in [6.45, 7) is 7.65. The second kappa shape index (κ2) is 7.41. The smallest absolute Gasteiger partial charge is 0.0638 e. The molecule has 0 aromatic carbocycles. The van der Waals surface area contributed by atoms with Crippen molar-refractivity contribution in [2.45, 2.75) is 33.2 Å². The molecular formula is C12H23N3O. The lowest BCUT2D eigenvalue weighted by molar-refractivity contribution is 0.133. The predicted octanol–water partition coefficient (Wildman–Crippen LogP) is 1.63. The minimum Gasteiger partial charge on any atom is -0.380 e. The predicted molar refractivity (Wildman–Crippen MR) is 65.4 cm³/mol. The van der Waals surface area contributed by atoms with Crippen LogP contribution in [-0.2, 0) is 18.3 Å². The second-order valence-corrected chi connectivity index (χ2v) is 4.06. The zero-order chi connectivity index (χ0) is 11.8. The first-order valence-corrected chi connectivity index (χ1v) is 6.01. The molecule has 1 N–H and O–H groups in total. The van der Waals surface area contributed by atoms with Crippen LogP contribution < -0.4 is 5.32 Å². The summed E-state index contributed by atoms with van der Waals surface area (Å²) in [6.07, 6.45) is 4.41. The monoisotopic (exact) mass is 225 g/mol. The Bertz CT molecular complexity index is 296. The molecule has 0 aliphatic rings. The Balaban J connectivity index is 2.05. The molecule has 0 amide bonds. The van der Waals surface area contributed by atoms with E-state index in [1.165, 1.54) is 12.0 Å². The molecule has 0 spiro atoms. The van der Waals surface area contributed by atoms with Gasteiger partial charge in [-0.05, 0) is 13.3 Å². The van der Waals surface area contributed by atoms with Crippen molar-refractivity contribution >= 4 is 0 Å². The fraction of sp³-hybridized carbons (Fsp3) is 0.750. The van der Waals surface area contributed by atoms with Crippen LogP contribution in [0.15, 0.2) is 6.20 Å². The highest BCUT2D eigenvalue weighted by molar-refractivity contribution is 5.14. The van der Waals surface area contributed by atoms with Crippen LogP contribution in [0.4, 0.5) is 0 Å². The van der Waals surface area contributed by atoms with Crippen LogP contribution >= 0.6 is 0 Å². The van der Waals surface area contributed by atoms with Gasteiger partial charge < -0.3 is 10.1 Å². The summed E-state index contributed by atoms with van der Waals surface area (Å²) in [6, 6.07) is 0. The Morgan fingerprint density at radius 2 is 2.25 bits per heavy atom. The normalized spacial score (nSPS) is 10.9. The van der Waals surface area contributed by atoms with Crippen LogP contribution in [0.1, 0.15) is 31.0 Å². The highest BCUT2D eigenvalue weighted by atomic mass is 16.5. The van der Waals surface area contributed by atoms with Crippen molar-refractivity contribution in [2.75, 3.05) is 19.8 Å². The topological polar surface area (TPSA) is 39.1 Å². The van der Waals surface area contributed by atoms with E-state index in [-0.39, 0.29) is 0 Å². The van der Waals surface area contributed by atoms with Gasteiger partial charge in [0.15, 0.2) is 0 Å². The molecule has 92 valence electrons. The third kappa shape index (κ3) is 4.77. The maximum absolute atomic E-state index is 5.46. The standard InChI is InChI=1S/C12H23N3O/c1-4-5-7-16-8-6-13-9-12-10-15(3)14-11(12)2/h10,13H,4-9H2,1-3H3. The Kier molecular flexibility index (Phi) is 6.11. The van der Waals surface area contributed by atoms with E-state index in [0.717, 1.165) is 38.4 Å². The maximum Gasteiger partial charge on any atom is 0.0638 e. The molecule has 0 fully saturated rings. The lowest BCUT2D eigenvalue weighted by atomic mass is 10.2. The number of hydrogen-bond acceptors (Lipinski definition) is 3. The summed E-state index contributed by atoms with van der Waals surface area (Å²) < 4.78 is 7.32. The van der Waals surface area contributed by atoms with E-state index in [2.05, 4.69) is 23.5 Å². The summed E-state index contributed by atoms with van der Waals surface area (Å²) >= 11 is 0. The van der Waals surface area contributed by atoms with Crippen molar-refractivity contribution in [3.8, 4) is 0 Å². The zero-order valence-electron chi connectivity index (χ0n) is 10.6. The van der Waals surface area contributed by atoms with Gasteiger partial charge >= 0.3 is 0 Å². The van der Waals surface area contributed by atoms with Gasteiger partial charge in [0.2, 0.25) is 0 Å². The molecule has 0 aliphatic carbocycles. The summed E-state index contributed by atoms with van der Waals surface area (Å²) in [7, 11) is 1.95. The fourth-order valence-electron chi connectivity index (χ4n) is 1.54. The second-order valence-electron chi connectivity index (χ2n) is 4.06. The summed E-state index contributed by atoms with van der Waals surface area (Å²) in [5.41, 5.74) is 2.36. The minimum atomic E-state index is 0.791. The van der Waals surface area contributed by atoms with Crippen molar-refractivity contribution in [1.29, 1.82) is 0 Å². The summed E-state index contributed by atoms with van der Waals surface area (Å²) in [4.78, 5) is 0. The number of aromatic nitrogens is 2. The molecule has 1 aromatic rings. The van der Waals surface area contributed by atoms with Gasteiger partial charge in [0.1, 0.15) is 0 Å². The highest BCUT2D eigenvalue weighted by Gasteiger charge is 2.01.